The fraction of sp³-hybridized carbons (Fsp3) is 0.515. The van der Waals surface area contributed by atoms with Gasteiger partial charge in [-0.3, -0.25) is 19.3 Å². The van der Waals surface area contributed by atoms with Gasteiger partial charge in [0.25, 0.3) is 5.91 Å². The quantitative estimate of drug-likeness (QED) is 0.489. The molecule has 1 aliphatic carbocycles. The molecule has 41 heavy (non-hydrogen) atoms. The Morgan fingerprint density at radius 3 is 2.41 bits per heavy atom. The summed E-state index contributed by atoms with van der Waals surface area (Å²) in [6.45, 7) is 7.32. The fourth-order valence-electron chi connectivity index (χ4n) is 6.55. The second-order valence-electron chi connectivity index (χ2n) is 12.2. The molecule has 0 radical (unpaired) electrons. The number of amides is 2. The van der Waals surface area contributed by atoms with E-state index < -0.39 is 12.0 Å². The van der Waals surface area contributed by atoms with E-state index in [1.165, 1.54) is 0 Å². The second kappa shape index (κ2) is 12.6. The predicted molar refractivity (Wildman–Crippen MR) is 160 cm³/mol. The highest BCUT2D eigenvalue weighted by Crippen LogP contribution is 2.38. The zero-order valence-electron chi connectivity index (χ0n) is 24.4. The summed E-state index contributed by atoms with van der Waals surface area (Å²) < 4.78 is 0. The summed E-state index contributed by atoms with van der Waals surface area (Å²) in [5.41, 5.74) is 4.90. The van der Waals surface area contributed by atoms with E-state index >= 15 is 0 Å². The van der Waals surface area contributed by atoms with Crippen LogP contribution in [0, 0.1) is 12.8 Å². The van der Waals surface area contributed by atoms with Gasteiger partial charge in [-0.05, 0) is 95.2 Å². The lowest BCUT2D eigenvalue weighted by Gasteiger charge is -2.36. The van der Waals surface area contributed by atoms with Crippen molar-refractivity contribution in [3.63, 3.8) is 0 Å². The van der Waals surface area contributed by atoms with Gasteiger partial charge in [-0.15, -0.1) is 0 Å². The van der Waals surface area contributed by atoms with Crippen molar-refractivity contribution >= 4 is 29.3 Å². The molecule has 2 aromatic rings. The number of benzene rings is 2. The van der Waals surface area contributed by atoms with Gasteiger partial charge in [0.15, 0.2) is 0 Å². The first-order valence-corrected chi connectivity index (χ1v) is 15.1. The second-order valence-corrected chi connectivity index (χ2v) is 12.2. The SMILES string of the molecule is Cc1ccc(C(=O)N=C2Cc3ccc(CN4CCCCC4C(=O)O)cc3N2C2CCC(C(=O)NC(C)C)CC2)cc1. The lowest BCUT2D eigenvalue weighted by atomic mass is 9.84. The number of piperidine rings is 1. The van der Waals surface area contributed by atoms with Crippen LogP contribution in [0.2, 0.25) is 0 Å². The van der Waals surface area contributed by atoms with Gasteiger partial charge in [-0.25, -0.2) is 0 Å². The van der Waals surface area contributed by atoms with Crippen LogP contribution in [0.15, 0.2) is 47.5 Å². The van der Waals surface area contributed by atoms with Crippen LogP contribution in [0.4, 0.5) is 5.69 Å². The third-order valence-electron chi connectivity index (χ3n) is 8.71. The van der Waals surface area contributed by atoms with Crippen molar-refractivity contribution < 1.29 is 19.5 Å². The molecule has 2 aliphatic heterocycles. The maximum atomic E-state index is 13.2. The van der Waals surface area contributed by atoms with Crippen LogP contribution >= 0.6 is 0 Å². The number of carboxylic acid groups (broad SMARTS) is 1. The van der Waals surface area contributed by atoms with Crippen LogP contribution in [0.5, 0.6) is 0 Å². The lowest BCUT2D eigenvalue weighted by molar-refractivity contribution is -0.144. The topological polar surface area (TPSA) is 102 Å². The Kier molecular flexibility index (Phi) is 8.88. The molecule has 0 aromatic heterocycles. The van der Waals surface area contributed by atoms with Crippen molar-refractivity contribution in [1.29, 1.82) is 0 Å². The largest absolute Gasteiger partial charge is 0.480 e. The van der Waals surface area contributed by atoms with Crippen LogP contribution in [0.1, 0.15) is 85.8 Å². The molecule has 8 nitrogen and oxygen atoms in total. The van der Waals surface area contributed by atoms with E-state index in [9.17, 15) is 19.5 Å². The van der Waals surface area contributed by atoms with Crippen LogP contribution in [0.25, 0.3) is 0 Å². The van der Waals surface area contributed by atoms with Crippen molar-refractivity contribution in [2.24, 2.45) is 10.9 Å². The summed E-state index contributed by atoms with van der Waals surface area (Å²) in [6.07, 6.45) is 6.46. The van der Waals surface area contributed by atoms with Crippen molar-refractivity contribution in [2.45, 2.75) is 96.8 Å². The van der Waals surface area contributed by atoms with E-state index in [-0.39, 0.29) is 29.8 Å². The predicted octanol–water partition coefficient (Wildman–Crippen LogP) is 5.12. The first kappa shape index (κ1) is 29.0. The van der Waals surface area contributed by atoms with Gasteiger partial charge < -0.3 is 15.3 Å². The summed E-state index contributed by atoms with van der Waals surface area (Å²) >= 11 is 0. The Labute approximate surface area is 242 Å². The van der Waals surface area contributed by atoms with E-state index in [2.05, 4.69) is 38.3 Å². The molecular weight excluding hydrogens is 516 g/mol. The zero-order valence-corrected chi connectivity index (χ0v) is 24.4. The van der Waals surface area contributed by atoms with Gasteiger partial charge in [-0.2, -0.15) is 4.99 Å². The van der Waals surface area contributed by atoms with E-state index in [0.29, 0.717) is 24.9 Å². The molecule has 3 aliphatic rings. The number of carbonyl (C=O) groups excluding carboxylic acids is 2. The maximum Gasteiger partial charge on any atom is 0.320 e. The Morgan fingerprint density at radius 2 is 1.73 bits per heavy atom. The van der Waals surface area contributed by atoms with Crippen molar-refractivity contribution in [2.75, 3.05) is 11.4 Å². The number of hydrogen-bond acceptors (Lipinski definition) is 4. The molecule has 2 amide bonds. The number of rotatable bonds is 7. The Balaban J connectivity index is 1.41. The fourth-order valence-corrected chi connectivity index (χ4v) is 6.55. The van der Waals surface area contributed by atoms with E-state index in [1.54, 1.807) is 0 Å². The number of aryl methyl sites for hydroxylation is 1. The zero-order chi connectivity index (χ0) is 29.1. The average Bonchev–Trinajstić information content (AvgIpc) is 3.30. The summed E-state index contributed by atoms with van der Waals surface area (Å²) in [5, 5.41) is 12.8. The van der Waals surface area contributed by atoms with E-state index in [0.717, 1.165) is 73.3 Å². The van der Waals surface area contributed by atoms with Gasteiger partial charge in [0, 0.05) is 42.2 Å². The minimum absolute atomic E-state index is 0.00342. The lowest BCUT2D eigenvalue weighted by Crippen LogP contribution is -2.44. The van der Waals surface area contributed by atoms with Crippen LogP contribution < -0.4 is 10.2 Å². The standard InChI is InChI=1S/C33H42N4O4/c1-21(2)34-31(38)25-13-15-27(16-14-25)37-29-18-23(20-36-17-5-4-6-28(36)33(40)41)9-12-26(29)19-30(37)35-32(39)24-10-7-22(3)8-11-24/h7-12,18,21,25,27-28H,4-6,13-17,19-20H2,1-3H3,(H,34,38)(H,40,41). The van der Waals surface area contributed by atoms with Crippen LogP contribution in [0.3, 0.4) is 0 Å². The Morgan fingerprint density at radius 1 is 1.00 bits per heavy atom. The first-order chi connectivity index (χ1) is 19.7. The summed E-state index contributed by atoms with van der Waals surface area (Å²) in [5.74, 6) is -0.126. The highest BCUT2D eigenvalue weighted by Gasteiger charge is 2.37. The molecule has 2 aromatic carbocycles. The number of likely N-dealkylation sites (tertiary alicyclic amines) is 1. The summed E-state index contributed by atoms with van der Waals surface area (Å²) in [7, 11) is 0. The molecule has 2 N–H and O–H groups in total. The number of carboxylic acids is 1. The number of fused-ring (bicyclic) bond motifs is 1. The molecule has 0 spiro atoms. The monoisotopic (exact) mass is 558 g/mol. The molecule has 0 bridgehead atoms. The van der Waals surface area contributed by atoms with Crippen molar-refractivity contribution in [3.8, 4) is 0 Å². The minimum Gasteiger partial charge on any atom is -0.480 e. The van der Waals surface area contributed by atoms with Gasteiger partial charge in [-0.1, -0.05) is 36.2 Å². The number of nitrogens with one attached hydrogen (secondary N) is 1. The third kappa shape index (κ3) is 6.70. The van der Waals surface area contributed by atoms with Crippen molar-refractivity contribution in [1.82, 2.24) is 10.2 Å². The number of aliphatic imine (C=N–C) groups is 1. The molecule has 1 saturated heterocycles. The highest BCUT2D eigenvalue weighted by molar-refractivity contribution is 6.12. The van der Waals surface area contributed by atoms with Gasteiger partial charge in [0.05, 0.1) is 0 Å². The van der Waals surface area contributed by atoms with Gasteiger partial charge in [0.1, 0.15) is 11.9 Å². The maximum absolute atomic E-state index is 13.2. The smallest absolute Gasteiger partial charge is 0.320 e. The molecule has 1 unspecified atom stereocenters. The first-order valence-electron chi connectivity index (χ1n) is 15.1. The Hall–Kier alpha value is -3.52. The summed E-state index contributed by atoms with van der Waals surface area (Å²) in [6, 6.07) is 13.7. The summed E-state index contributed by atoms with van der Waals surface area (Å²) in [4.78, 5) is 46.8. The number of carbonyl (C=O) groups is 3. The third-order valence-corrected chi connectivity index (χ3v) is 8.71. The molecule has 2 fully saturated rings. The van der Waals surface area contributed by atoms with Crippen LogP contribution in [-0.4, -0.2) is 58.3 Å². The molecular formula is C33H42N4O4. The molecule has 1 atom stereocenters. The number of amidine groups is 1. The highest BCUT2D eigenvalue weighted by atomic mass is 16.4. The minimum atomic E-state index is -0.755. The number of hydrogen-bond donors (Lipinski definition) is 2. The normalized spacial score (nSPS) is 24.0. The van der Waals surface area contributed by atoms with Gasteiger partial charge >= 0.3 is 5.97 Å². The van der Waals surface area contributed by atoms with Gasteiger partial charge in [0.2, 0.25) is 5.91 Å². The van der Waals surface area contributed by atoms with Crippen molar-refractivity contribution in [3.05, 3.63) is 64.7 Å². The molecule has 218 valence electrons. The van der Waals surface area contributed by atoms with E-state index in [1.807, 2.05) is 45.0 Å². The number of anilines is 1. The number of aliphatic carboxylic acids is 1. The number of nitrogens with zero attached hydrogens (tertiary/aromatic N) is 3. The average molecular weight is 559 g/mol. The molecule has 5 rings (SSSR count). The Bertz CT molecular complexity index is 1310. The van der Waals surface area contributed by atoms with E-state index in [4.69, 9.17) is 0 Å². The molecule has 8 heteroatoms. The van der Waals surface area contributed by atoms with Crippen LogP contribution in [-0.2, 0) is 22.6 Å². The molecule has 2 heterocycles. The molecule has 1 saturated carbocycles.